The van der Waals surface area contributed by atoms with Gasteiger partial charge in [0.25, 0.3) is 0 Å². The molecule has 0 radical (unpaired) electrons. The molecule has 0 unspecified atom stereocenters. The first-order valence-electron chi connectivity index (χ1n) is 5.06. The lowest BCUT2D eigenvalue weighted by molar-refractivity contribution is -0.123. The Labute approximate surface area is 80.3 Å². The molecule has 0 aromatic rings. The molecular weight excluding hydrogens is 164 g/mol. The van der Waals surface area contributed by atoms with Gasteiger partial charge < -0.3 is 10.6 Å². The van der Waals surface area contributed by atoms with Gasteiger partial charge in [-0.3, -0.25) is 4.79 Å². The van der Waals surface area contributed by atoms with Gasteiger partial charge in [0.1, 0.15) is 0 Å². The zero-order valence-corrected chi connectivity index (χ0v) is 8.81. The quantitative estimate of drug-likeness (QED) is 0.685. The molecular formula is C10H20N2O. The first-order valence-corrected chi connectivity index (χ1v) is 5.06. The predicted molar refractivity (Wildman–Crippen MR) is 53.5 cm³/mol. The van der Waals surface area contributed by atoms with Crippen molar-refractivity contribution in [2.24, 2.45) is 0 Å². The van der Waals surface area contributed by atoms with Crippen LogP contribution in [0.15, 0.2) is 0 Å². The van der Waals surface area contributed by atoms with Crippen molar-refractivity contribution in [1.82, 2.24) is 10.6 Å². The molecule has 0 aromatic carbocycles. The summed E-state index contributed by atoms with van der Waals surface area (Å²) in [6.45, 7) is 6.63. The second-order valence-electron chi connectivity index (χ2n) is 4.50. The van der Waals surface area contributed by atoms with Gasteiger partial charge in [0.2, 0.25) is 5.91 Å². The van der Waals surface area contributed by atoms with E-state index in [0.29, 0.717) is 12.6 Å². The molecule has 1 rings (SSSR count). The zero-order chi connectivity index (χ0) is 9.90. The molecule has 1 fully saturated rings. The third-order valence-electron chi connectivity index (χ3n) is 2.57. The SMILES string of the molecule is CC(C)NCC(=O)NC1(C)CCC1. The van der Waals surface area contributed by atoms with E-state index in [1.807, 2.05) is 13.8 Å². The largest absolute Gasteiger partial charge is 0.350 e. The van der Waals surface area contributed by atoms with E-state index in [0.717, 1.165) is 12.8 Å². The van der Waals surface area contributed by atoms with Gasteiger partial charge in [-0.05, 0) is 26.2 Å². The van der Waals surface area contributed by atoms with Crippen molar-refractivity contribution >= 4 is 5.91 Å². The average Bonchev–Trinajstić information content (AvgIpc) is 1.98. The minimum Gasteiger partial charge on any atom is -0.350 e. The molecule has 1 amide bonds. The van der Waals surface area contributed by atoms with E-state index >= 15 is 0 Å². The standard InChI is InChI=1S/C10H20N2O/c1-8(2)11-7-9(13)12-10(3)5-4-6-10/h8,11H,4-7H2,1-3H3,(H,12,13). The van der Waals surface area contributed by atoms with E-state index in [-0.39, 0.29) is 11.4 Å². The number of amides is 1. The fourth-order valence-electron chi connectivity index (χ4n) is 1.51. The van der Waals surface area contributed by atoms with Crippen molar-refractivity contribution in [3.8, 4) is 0 Å². The monoisotopic (exact) mass is 184 g/mol. The summed E-state index contributed by atoms with van der Waals surface area (Å²) in [6, 6.07) is 0.375. The summed E-state index contributed by atoms with van der Waals surface area (Å²) in [7, 11) is 0. The molecule has 0 aliphatic heterocycles. The van der Waals surface area contributed by atoms with Crippen LogP contribution in [-0.2, 0) is 4.79 Å². The number of carbonyl (C=O) groups is 1. The van der Waals surface area contributed by atoms with Gasteiger partial charge in [-0.15, -0.1) is 0 Å². The third kappa shape index (κ3) is 3.35. The minimum atomic E-state index is 0.0930. The fraction of sp³-hybridized carbons (Fsp3) is 0.900. The van der Waals surface area contributed by atoms with Crippen molar-refractivity contribution in [2.45, 2.75) is 51.6 Å². The summed E-state index contributed by atoms with van der Waals surface area (Å²) in [5.74, 6) is 0.121. The van der Waals surface area contributed by atoms with E-state index in [9.17, 15) is 4.79 Å². The molecule has 1 saturated carbocycles. The molecule has 3 nitrogen and oxygen atoms in total. The maximum absolute atomic E-state index is 11.4. The van der Waals surface area contributed by atoms with Crippen LogP contribution >= 0.6 is 0 Å². The van der Waals surface area contributed by atoms with Crippen LogP contribution in [0.1, 0.15) is 40.0 Å². The van der Waals surface area contributed by atoms with Crippen LogP contribution in [0.25, 0.3) is 0 Å². The Morgan fingerprint density at radius 3 is 2.46 bits per heavy atom. The van der Waals surface area contributed by atoms with Crippen LogP contribution < -0.4 is 10.6 Å². The molecule has 0 aromatic heterocycles. The van der Waals surface area contributed by atoms with E-state index in [2.05, 4.69) is 17.6 Å². The summed E-state index contributed by atoms with van der Waals surface area (Å²) in [6.07, 6.45) is 3.50. The number of hydrogen-bond donors (Lipinski definition) is 2. The van der Waals surface area contributed by atoms with Crippen LogP contribution in [-0.4, -0.2) is 24.0 Å². The Morgan fingerprint density at radius 2 is 2.08 bits per heavy atom. The third-order valence-corrected chi connectivity index (χ3v) is 2.57. The molecule has 1 aliphatic rings. The maximum atomic E-state index is 11.4. The summed E-state index contributed by atoms with van der Waals surface area (Å²) < 4.78 is 0. The van der Waals surface area contributed by atoms with Gasteiger partial charge in [0, 0.05) is 11.6 Å². The number of rotatable bonds is 4. The highest BCUT2D eigenvalue weighted by Crippen LogP contribution is 2.30. The van der Waals surface area contributed by atoms with Gasteiger partial charge in [-0.2, -0.15) is 0 Å². The summed E-state index contributed by atoms with van der Waals surface area (Å²) in [4.78, 5) is 11.4. The molecule has 0 spiro atoms. The minimum absolute atomic E-state index is 0.0930. The van der Waals surface area contributed by atoms with Crippen LogP contribution in [0.2, 0.25) is 0 Å². The molecule has 0 bridgehead atoms. The Hall–Kier alpha value is -0.570. The fourth-order valence-corrected chi connectivity index (χ4v) is 1.51. The lowest BCUT2D eigenvalue weighted by Gasteiger charge is -2.39. The van der Waals surface area contributed by atoms with E-state index in [4.69, 9.17) is 0 Å². The average molecular weight is 184 g/mol. The Morgan fingerprint density at radius 1 is 1.46 bits per heavy atom. The van der Waals surface area contributed by atoms with Gasteiger partial charge in [0.15, 0.2) is 0 Å². The molecule has 76 valence electrons. The van der Waals surface area contributed by atoms with E-state index in [1.54, 1.807) is 0 Å². The molecule has 0 heterocycles. The predicted octanol–water partition coefficient (Wildman–Crippen LogP) is 1.04. The van der Waals surface area contributed by atoms with E-state index < -0.39 is 0 Å². The number of hydrogen-bond acceptors (Lipinski definition) is 2. The van der Waals surface area contributed by atoms with Crippen molar-refractivity contribution in [2.75, 3.05) is 6.54 Å². The van der Waals surface area contributed by atoms with Crippen molar-refractivity contribution in [3.05, 3.63) is 0 Å². The van der Waals surface area contributed by atoms with Crippen LogP contribution in [0.3, 0.4) is 0 Å². The summed E-state index contributed by atoms with van der Waals surface area (Å²) >= 11 is 0. The Balaban J connectivity index is 2.17. The molecule has 2 N–H and O–H groups in total. The normalized spacial score (nSPS) is 19.7. The zero-order valence-electron chi connectivity index (χ0n) is 8.81. The highest BCUT2D eigenvalue weighted by atomic mass is 16.2. The highest BCUT2D eigenvalue weighted by molar-refractivity contribution is 5.78. The van der Waals surface area contributed by atoms with Crippen molar-refractivity contribution in [1.29, 1.82) is 0 Å². The Bertz CT molecular complexity index is 185. The second-order valence-corrected chi connectivity index (χ2v) is 4.50. The molecule has 1 aliphatic carbocycles. The summed E-state index contributed by atoms with van der Waals surface area (Å²) in [5, 5.41) is 6.15. The number of nitrogens with one attached hydrogen (secondary N) is 2. The molecule has 3 heteroatoms. The van der Waals surface area contributed by atoms with Crippen LogP contribution in [0, 0.1) is 0 Å². The molecule has 0 atom stereocenters. The van der Waals surface area contributed by atoms with Crippen molar-refractivity contribution < 1.29 is 4.79 Å². The van der Waals surface area contributed by atoms with Gasteiger partial charge >= 0.3 is 0 Å². The highest BCUT2D eigenvalue weighted by Gasteiger charge is 2.32. The van der Waals surface area contributed by atoms with Gasteiger partial charge in [-0.25, -0.2) is 0 Å². The molecule has 13 heavy (non-hydrogen) atoms. The topological polar surface area (TPSA) is 41.1 Å². The van der Waals surface area contributed by atoms with Crippen molar-refractivity contribution in [3.63, 3.8) is 0 Å². The van der Waals surface area contributed by atoms with Gasteiger partial charge in [0.05, 0.1) is 6.54 Å². The summed E-state index contributed by atoms with van der Waals surface area (Å²) in [5.41, 5.74) is 0.0930. The Kier molecular flexibility index (Phi) is 3.31. The molecule has 0 saturated heterocycles. The lowest BCUT2D eigenvalue weighted by Crippen LogP contribution is -2.53. The first-order chi connectivity index (χ1) is 6.02. The second kappa shape index (κ2) is 4.09. The maximum Gasteiger partial charge on any atom is 0.234 e. The van der Waals surface area contributed by atoms with E-state index in [1.165, 1.54) is 6.42 Å². The number of carbonyl (C=O) groups excluding carboxylic acids is 1. The van der Waals surface area contributed by atoms with Crippen LogP contribution in [0.4, 0.5) is 0 Å². The van der Waals surface area contributed by atoms with Gasteiger partial charge in [-0.1, -0.05) is 13.8 Å². The lowest BCUT2D eigenvalue weighted by atomic mass is 9.78. The first kappa shape index (κ1) is 10.5. The smallest absolute Gasteiger partial charge is 0.234 e. The van der Waals surface area contributed by atoms with Crippen LogP contribution in [0.5, 0.6) is 0 Å².